The number of hydrogen-bond donors (Lipinski definition) is 2. The number of carbonyl (C=O) groups excluding carboxylic acids is 1. The first kappa shape index (κ1) is 14.3. The number of halogens is 1. The minimum absolute atomic E-state index is 0.126. The fourth-order valence-electron chi connectivity index (χ4n) is 1.93. The molecule has 0 spiro atoms. The van der Waals surface area contributed by atoms with Crippen molar-refractivity contribution in [2.45, 2.75) is 13.0 Å². The summed E-state index contributed by atoms with van der Waals surface area (Å²) >= 11 is 5.96. The van der Waals surface area contributed by atoms with Crippen LogP contribution >= 0.6 is 11.6 Å². The van der Waals surface area contributed by atoms with Gasteiger partial charge in [0.25, 0.3) is 5.91 Å². The van der Waals surface area contributed by atoms with E-state index in [9.17, 15) is 4.79 Å². The normalized spacial score (nSPS) is 11.8. The van der Waals surface area contributed by atoms with Crippen LogP contribution in [-0.2, 0) is 0 Å². The van der Waals surface area contributed by atoms with Crippen LogP contribution in [0.5, 0.6) is 0 Å². The van der Waals surface area contributed by atoms with Crippen molar-refractivity contribution in [3.63, 3.8) is 0 Å². The fourth-order valence-corrected chi connectivity index (χ4v) is 2.12. The second-order valence-electron chi connectivity index (χ2n) is 4.42. The van der Waals surface area contributed by atoms with Crippen LogP contribution in [0.3, 0.4) is 0 Å². The highest BCUT2D eigenvalue weighted by atomic mass is 35.5. The molecule has 2 rings (SSSR count). The average Bonchev–Trinajstić information content (AvgIpc) is 2.47. The summed E-state index contributed by atoms with van der Waals surface area (Å²) in [5, 5.41) is 6.56. The molecular weight excluding hydrogens is 274 g/mol. The third-order valence-electron chi connectivity index (χ3n) is 3.03. The third-order valence-corrected chi connectivity index (χ3v) is 3.27. The van der Waals surface area contributed by atoms with E-state index in [1.54, 1.807) is 25.5 Å². The number of carbonyl (C=O) groups is 1. The van der Waals surface area contributed by atoms with Crippen LogP contribution in [0.4, 0.5) is 5.69 Å². The molecule has 1 aromatic carbocycles. The Bertz CT molecular complexity index is 616. The maximum atomic E-state index is 12.3. The molecule has 0 fully saturated rings. The van der Waals surface area contributed by atoms with Crippen molar-refractivity contribution in [2.24, 2.45) is 0 Å². The van der Waals surface area contributed by atoms with Crippen LogP contribution in [-0.4, -0.2) is 17.9 Å². The summed E-state index contributed by atoms with van der Waals surface area (Å²) in [7, 11) is 1.76. The molecule has 2 N–H and O–H groups in total. The van der Waals surface area contributed by atoms with Gasteiger partial charge >= 0.3 is 0 Å². The van der Waals surface area contributed by atoms with Gasteiger partial charge in [-0.2, -0.15) is 0 Å². The Morgan fingerprint density at radius 3 is 2.85 bits per heavy atom. The van der Waals surface area contributed by atoms with Gasteiger partial charge in [-0.05, 0) is 30.7 Å². The molecule has 1 heterocycles. The molecule has 0 aliphatic carbocycles. The maximum Gasteiger partial charge on any atom is 0.253 e. The lowest BCUT2D eigenvalue weighted by molar-refractivity contribution is 0.0940. The largest absolute Gasteiger partial charge is 0.386 e. The number of rotatable bonds is 4. The first-order valence-electron chi connectivity index (χ1n) is 6.30. The Labute approximate surface area is 123 Å². The number of nitrogens with zero attached hydrogens (tertiary/aromatic N) is 1. The van der Waals surface area contributed by atoms with E-state index in [-0.39, 0.29) is 11.9 Å². The average molecular weight is 290 g/mol. The van der Waals surface area contributed by atoms with Crippen molar-refractivity contribution in [3.05, 3.63) is 58.9 Å². The van der Waals surface area contributed by atoms with Crippen LogP contribution in [0.1, 0.15) is 28.9 Å². The molecule has 0 aliphatic heterocycles. The molecule has 1 unspecified atom stereocenters. The first-order chi connectivity index (χ1) is 9.61. The highest BCUT2D eigenvalue weighted by molar-refractivity contribution is 6.30. The zero-order valence-corrected chi connectivity index (χ0v) is 12.1. The van der Waals surface area contributed by atoms with Gasteiger partial charge in [0.1, 0.15) is 0 Å². The van der Waals surface area contributed by atoms with Gasteiger partial charge in [0, 0.05) is 18.3 Å². The monoisotopic (exact) mass is 289 g/mol. The molecule has 0 bridgehead atoms. The molecule has 0 saturated heterocycles. The number of hydrogen-bond acceptors (Lipinski definition) is 3. The summed E-state index contributed by atoms with van der Waals surface area (Å²) in [4.78, 5) is 16.3. The molecule has 2 aromatic rings. The zero-order valence-electron chi connectivity index (χ0n) is 11.4. The van der Waals surface area contributed by atoms with Crippen LogP contribution in [0.15, 0.2) is 42.7 Å². The smallest absolute Gasteiger partial charge is 0.253 e. The van der Waals surface area contributed by atoms with Gasteiger partial charge in [0.05, 0.1) is 23.5 Å². The van der Waals surface area contributed by atoms with Crippen LogP contribution in [0, 0.1) is 0 Å². The predicted molar refractivity (Wildman–Crippen MR) is 81.1 cm³/mol. The van der Waals surface area contributed by atoms with Gasteiger partial charge in [0.2, 0.25) is 0 Å². The summed E-state index contributed by atoms with van der Waals surface area (Å²) in [6.07, 6.45) is 3.22. The Kier molecular flexibility index (Phi) is 4.58. The van der Waals surface area contributed by atoms with Crippen molar-refractivity contribution in [1.29, 1.82) is 0 Å². The predicted octanol–water partition coefficient (Wildman–Crippen LogP) is 3.27. The van der Waals surface area contributed by atoms with Crippen molar-refractivity contribution >= 4 is 23.2 Å². The van der Waals surface area contributed by atoms with E-state index < -0.39 is 0 Å². The van der Waals surface area contributed by atoms with E-state index in [1.807, 2.05) is 31.2 Å². The molecule has 0 aliphatic rings. The van der Waals surface area contributed by atoms with Gasteiger partial charge in [-0.3, -0.25) is 9.78 Å². The number of benzene rings is 1. The van der Waals surface area contributed by atoms with Crippen molar-refractivity contribution in [3.8, 4) is 0 Å². The Balaban J connectivity index is 2.15. The lowest BCUT2D eigenvalue weighted by Crippen LogP contribution is -2.27. The number of pyridine rings is 1. The van der Waals surface area contributed by atoms with Gasteiger partial charge in [-0.25, -0.2) is 0 Å². The van der Waals surface area contributed by atoms with Gasteiger partial charge < -0.3 is 10.6 Å². The first-order valence-corrected chi connectivity index (χ1v) is 6.67. The molecule has 1 atom stereocenters. The number of amides is 1. The summed E-state index contributed by atoms with van der Waals surface area (Å²) < 4.78 is 0. The minimum Gasteiger partial charge on any atom is -0.386 e. The van der Waals surface area contributed by atoms with E-state index in [1.165, 1.54) is 0 Å². The van der Waals surface area contributed by atoms with Gasteiger partial charge in [-0.15, -0.1) is 0 Å². The van der Waals surface area contributed by atoms with Crippen LogP contribution in [0.2, 0.25) is 5.02 Å². The summed E-state index contributed by atoms with van der Waals surface area (Å²) in [5.41, 5.74) is 2.23. The lowest BCUT2D eigenvalue weighted by Gasteiger charge is -2.16. The second-order valence-corrected chi connectivity index (χ2v) is 4.86. The molecule has 1 amide bonds. The Morgan fingerprint density at radius 1 is 1.35 bits per heavy atom. The van der Waals surface area contributed by atoms with E-state index >= 15 is 0 Å². The summed E-state index contributed by atoms with van der Waals surface area (Å²) in [6.45, 7) is 1.92. The topological polar surface area (TPSA) is 54.0 Å². The lowest BCUT2D eigenvalue weighted by atomic mass is 10.1. The van der Waals surface area contributed by atoms with Crippen molar-refractivity contribution in [1.82, 2.24) is 10.3 Å². The SMILES string of the molecule is CNc1cnccc1C(=O)NC(C)c1cccc(Cl)c1. The molecule has 20 heavy (non-hydrogen) atoms. The highest BCUT2D eigenvalue weighted by Gasteiger charge is 2.14. The number of anilines is 1. The molecule has 104 valence electrons. The quantitative estimate of drug-likeness (QED) is 0.908. The molecule has 0 saturated carbocycles. The highest BCUT2D eigenvalue weighted by Crippen LogP contribution is 2.19. The molecule has 5 heteroatoms. The van der Waals surface area contributed by atoms with Crippen LogP contribution in [0.25, 0.3) is 0 Å². The minimum atomic E-state index is -0.149. The standard InChI is InChI=1S/C15H16ClN3O/c1-10(11-4-3-5-12(16)8-11)19-15(20)13-6-7-18-9-14(13)17-2/h3-10,17H,1-2H3,(H,19,20). The maximum absolute atomic E-state index is 12.3. The summed E-state index contributed by atoms with van der Waals surface area (Å²) in [6, 6.07) is 9.01. The molecular formula is C15H16ClN3O. The number of nitrogens with one attached hydrogen (secondary N) is 2. The van der Waals surface area contributed by atoms with E-state index in [4.69, 9.17) is 11.6 Å². The van der Waals surface area contributed by atoms with Crippen molar-refractivity contribution in [2.75, 3.05) is 12.4 Å². The van der Waals surface area contributed by atoms with E-state index in [0.717, 1.165) is 5.56 Å². The van der Waals surface area contributed by atoms with Gasteiger partial charge in [-0.1, -0.05) is 23.7 Å². The van der Waals surface area contributed by atoms with E-state index in [2.05, 4.69) is 15.6 Å². The van der Waals surface area contributed by atoms with Crippen LogP contribution < -0.4 is 10.6 Å². The third kappa shape index (κ3) is 3.27. The Hall–Kier alpha value is -2.07. The van der Waals surface area contributed by atoms with Crippen molar-refractivity contribution < 1.29 is 4.79 Å². The fraction of sp³-hybridized carbons (Fsp3) is 0.200. The zero-order chi connectivity index (χ0) is 14.5. The second kappa shape index (κ2) is 6.39. The number of aromatic nitrogens is 1. The van der Waals surface area contributed by atoms with Gasteiger partial charge in [0.15, 0.2) is 0 Å². The molecule has 1 aromatic heterocycles. The molecule has 0 radical (unpaired) electrons. The molecule has 4 nitrogen and oxygen atoms in total. The van der Waals surface area contributed by atoms with E-state index in [0.29, 0.717) is 16.3 Å². The Morgan fingerprint density at radius 2 is 2.15 bits per heavy atom. The summed E-state index contributed by atoms with van der Waals surface area (Å²) in [5.74, 6) is -0.149.